The molecule has 1 heterocycles. The molecule has 2 aromatic rings. The number of amides is 2. The highest BCUT2D eigenvalue weighted by Gasteiger charge is 2.28. The molecule has 0 aromatic heterocycles. The fourth-order valence-electron chi connectivity index (χ4n) is 3.65. The molecule has 1 N–H and O–H groups in total. The summed E-state index contributed by atoms with van der Waals surface area (Å²) in [4.78, 5) is 27.6. The van der Waals surface area contributed by atoms with Crippen molar-refractivity contribution in [1.82, 2.24) is 10.2 Å². The van der Waals surface area contributed by atoms with Crippen molar-refractivity contribution in [3.8, 4) is 23.0 Å². The zero-order chi connectivity index (χ0) is 22.4. The maximum atomic E-state index is 13.1. The van der Waals surface area contributed by atoms with Crippen molar-refractivity contribution < 1.29 is 28.5 Å². The zero-order valence-electron chi connectivity index (χ0n) is 18.3. The van der Waals surface area contributed by atoms with Gasteiger partial charge in [-0.15, -0.1) is 0 Å². The summed E-state index contributed by atoms with van der Waals surface area (Å²) in [7, 11) is 6.14. The van der Waals surface area contributed by atoms with Crippen molar-refractivity contribution in [1.29, 1.82) is 0 Å². The smallest absolute Gasteiger partial charge is 0.261 e. The van der Waals surface area contributed by atoms with Crippen molar-refractivity contribution in [3.63, 3.8) is 0 Å². The standard InChI is InChI=1S/C23H28N2O6/c1-28-17-12-15(13-18(14-17)29-2)22(26)24-16-8-10-25(11-9-16)23(27)21-19(30-3)6-5-7-20(21)31-4/h5-7,12-14,16H,8-11H2,1-4H3,(H,24,26). The van der Waals surface area contributed by atoms with Crippen molar-refractivity contribution in [3.05, 3.63) is 47.5 Å². The van der Waals surface area contributed by atoms with E-state index in [4.69, 9.17) is 18.9 Å². The number of ether oxygens (including phenoxy) is 4. The molecule has 0 radical (unpaired) electrons. The zero-order valence-corrected chi connectivity index (χ0v) is 18.3. The van der Waals surface area contributed by atoms with Crippen LogP contribution >= 0.6 is 0 Å². The Balaban J connectivity index is 1.64. The molecule has 31 heavy (non-hydrogen) atoms. The molecular formula is C23H28N2O6. The number of carbonyl (C=O) groups excluding carboxylic acids is 2. The predicted octanol–water partition coefficient (Wildman–Crippen LogP) is 2.76. The molecule has 0 saturated carbocycles. The van der Waals surface area contributed by atoms with Gasteiger partial charge < -0.3 is 29.2 Å². The number of nitrogens with one attached hydrogen (secondary N) is 1. The van der Waals surface area contributed by atoms with Gasteiger partial charge >= 0.3 is 0 Å². The van der Waals surface area contributed by atoms with E-state index in [9.17, 15) is 9.59 Å². The second kappa shape index (κ2) is 10.1. The molecule has 1 saturated heterocycles. The van der Waals surface area contributed by atoms with Crippen LogP contribution in [0.15, 0.2) is 36.4 Å². The van der Waals surface area contributed by atoms with Crippen LogP contribution in [0.3, 0.4) is 0 Å². The van der Waals surface area contributed by atoms with Gasteiger partial charge in [-0.2, -0.15) is 0 Å². The van der Waals surface area contributed by atoms with E-state index in [0.717, 1.165) is 0 Å². The van der Waals surface area contributed by atoms with E-state index in [2.05, 4.69) is 5.32 Å². The van der Waals surface area contributed by atoms with Gasteiger partial charge in [0.15, 0.2) is 0 Å². The minimum Gasteiger partial charge on any atom is -0.497 e. The third kappa shape index (κ3) is 5.02. The lowest BCUT2D eigenvalue weighted by Crippen LogP contribution is -2.46. The molecule has 0 atom stereocenters. The first-order valence-corrected chi connectivity index (χ1v) is 10.0. The largest absolute Gasteiger partial charge is 0.497 e. The minimum atomic E-state index is -0.201. The molecule has 1 fully saturated rings. The van der Waals surface area contributed by atoms with Crippen LogP contribution in [-0.4, -0.2) is 64.3 Å². The lowest BCUT2D eigenvalue weighted by Gasteiger charge is -2.33. The number of likely N-dealkylation sites (tertiary alicyclic amines) is 1. The highest BCUT2D eigenvalue weighted by atomic mass is 16.5. The van der Waals surface area contributed by atoms with Crippen LogP contribution in [0, 0.1) is 0 Å². The van der Waals surface area contributed by atoms with Crippen LogP contribution in [0.1, 0.15) is 33.6 Å². The predicted molar refractivity (Wildman–Crippen MR) is 115 cm³/mol. The molecule has 0 unspecified atom stereocenters. The number of methoxy groups -OCH3 is 4. The molecule has 0 bridgehead atoms. The summed E-state index contributed by atoms with van der Waals surface area (Å²) in [5.41, 5.74) is 0.881. The van der Waals surface area contributed by atoms with Crippen molar-refractivity contribution in [2.45, 2.75) is 18.9 Å². The van der Waals surface area contributed by atoms with Crippen molar-refractivity contribution in [2.75, 3.05) is 41.5 Å². The number of piperidine rings is 1. The van der Waals surface area contributed by atoms with E-state index in [-0.39, 0.29) is 17.9 Å². The second-order valence-electron chi connectivity index (χ2n) is 7.18. The van der Waals surface area contributed by atoms with Crippen LogP contribution in [0.5, 0.6) is 23.0 Å². The summed E-state index contributed by atoms with van der Waals surface area (Å²) in [6, 6.07) is 10.3. The number of carbonyl (C=O) groups is 2. The van der Waals surface area contributed by atoms with E-state index in [1.807, 2.05) is 0 Å². The third-order valence-electron chi connectivity index (χ3n) is 5.37. The quantitative estimate of drug-likeness (QED) is 0.730. The Morgan fingerprint density at radius 3 is 1.90 bits per heavy atom. The molecule has 1 aliphatic heterocycles. The van der Waals surface area contributed by atoms with E-state index >= 15 is 0 Å². The van der Waals surface area contributed by atoms with Gasteiger partial charge in [-0.05, 0) is 37.1 Å². The van der Waals surface area contributed by atoms with Crippen LogP contribution in [0.25, 0.3) is 0 Å². The Labute approximate surface area is 182 Å². The molecular weight excluding hydrogens is 400 g/mol. The first kappa shape index (κ1) is 22.3. The van der Waals surface area contributed by atoms with Gasteiger partial charge in [-0.3, -0.25) is 9.59 Å². The average Bonchev–Trinajstić information content (AvgIpc) is 2.82. The highest BCUT2D eigenvalue weighted by Crippen LogP contribution is 2.30. The maximum absolute atomic E-state index is 13.1. The lowest BCUT2D eigenvalue weighted by atomic mass is 10.0. The number of benzene rings is 2. The Hall–Kier alpha value is -3.42. The molecule has 2 amide bonds. The first-order chi connectivity index (χ1) is 15.0. The van der Waals surface area contributed by atoms with Gasteiger partial charge in [-0.1, -0.05) is 6.07 Å². The number of hydrogen-bond acceptors (Lipinski definition) is 6. The van der Waals surface area contributed by atoms with Crippen LogP contribution < -0.4 is 24.3 Å². The van der Waals surface area contributed by atoms with Gasteiger partial charge in [0.2, 0.25) is 0 Å². The summed E-state index contributed by atoms with van der Waals surface area (Å²) in [5, 5.41) is 3.04. The van der Waals surface area contributed by atoms with Crippen LogP contribution in [0.2, 0.25) is 0 Å². The second-order valence-corrected chi connectivity index (χ2v) is 7.18. The van der Waals surface area contributed by atoms with Gasteiger partial charge in [0.25, 0.3) is 11.8 Å². The molecule has 3 rings (SSSR count). The fraction of sp³-hybridized carbons (Fsp3) is 0.391. The van der Waals surface area contributed by atoms with E-state index in [1.54, 1.807) is 55.5 Å². The van der Waals surface area contributed by atoms with Gasteiger partial charge in [0, 0.05) is 30.8 Å². The molecule has 0 spiro atoms. The summed E-state index contributed by atoms with van der Waals surface area (Å²) < 4.78 is 21.2. The lowest BCUT2D eigenvalue weighted by molar-refractivity contribution is 0.0691. The Morgan fingerprint density at radius 2 is 1.42 bits per heavy atom. The first-order valence-electron chi connectivity index (χ1n) is 10.0. The Bertz CT molecular complexity index is 893. The molecule has 166 valence electrons. The Kier molecular flexibility index (Phi) is 7.23. The normalized spacial score (nSPS) is 14.0. The molecule has 1 aliphatic rings. The fourth-order valence-corrected chi connectivity index (χ4v) is 3.65. The average molecular weight is 428 g/mol. The highest BCUT2D eigenvalue weighted by molar-refractivity contribution is 6.00. The molecule has 0 aliphatic carbocycles. The van der Waals surface area contributed by atoms with Crippen LogP contribution in [-0.2, 0) is 0 Å². The topological polar surface area (TPSA) is 86.3 Å². The van der Waals surface area contributed by atoms with Gasteiger partial charge in [0.05, 0.1) is 28.4 Å². The molecule has 8 heteroatoms. The number of nitrogens with zero attached hydrogens (tertiary/aromatic N) is 1. The van der Waals surface area contributed by atoms with Crippen LogP contribution in [0.4, 0.5) is 0 Å². The van der Waals surface area contributed by atoms with Gasteiger partial charge in [0.1, 0.15) is 28.6 Å². The SMILES string of the molecule is COc1cc(OC)cc(C(=O)NC2CCN(C(=O)c3c(OC)cccc3OC)CC2)c1. The summed E-state index contributed by atoms with van der Waals surface area (Å²) in [5.74, 6) is 1.72. The summed E-state index contributed by atoms with van der Waals surface area (Å²) in [6.07, 6.45) is 1.30. The van der Waals surface area contributed by atoms with Gasteiger partial charge in [-0.25, -0.2) is 0 Å². The molecule has 8 nitrogen and oxygen atoms in total. The molecule has 2 aromatic carbocycles. The maximum Gasteiger partial charge on any atom is 0.261 e. The van der Waals surface area contributed by atoms with Crippen molar-refractivity contribution in [2.24, 2.45) is 0 Å². The van der Waals surface area contributed by atoms with E-state index < -0.39 is 0 Å². The summed E-state index contributed by atoms with van der Waals surface area (Å²) >= 11 is 0. The van der Waals surface area contributed by atoms with E-state index in [1.165, 1.54) is 14.2 Å². The minimum absolute atomic E-state index is 0.0340. The Morgan fingerprint density at radius 1 is 0.871 bits per heavy atom. The third-order valence-corrected chi connectivity index (χ3v) is 5.37. The van der Waals surface area contributed by atoms with Crippen molar-refractivity contribution >= 4 is 11.8 Å². The monoisotopic (exact) mass is 428 g/mol. The number of rotatable bonds is 7. The summed E-state index contributed by atoms with van der Waals surface area (Å²) in [6.45, 7) is 1.04. The van der Waals surface area contributed by atoms with E-state index in [0.29, 0.717) is 60.1 Å². The number of hydrogen-bond donors (Lipinski definition) is 1.